The lowest BCUT2D eigenvalue weighted by atomic mass is 10.2. The number of anilines is 1. The Bertz CT molecular complexity index is 533. The molecule has 2 aromatic rings. The molecule has 1 aromatic carbocycles. The van der Waals surface area contributed by atoms with E-state index in [9.17, 15) is 0 Å². The average Bonchev–Trinajstić information content (AvgIpc) is 2.35. The van der Waals surface area contributed by atoms with Crippen LogP contribution in [0, 0.1) is 0 Å². The summed E-state index contributed by atoms with van der Waals surface area (Å²) >= 11 is 5.60. The summed E-state index contributed by atoms with van der Waals surface area (Å²) in [4.78, 5) is 8.08. The molecule has 0 aliphatic rings. The van der Waals surface area contributed by atoms with Crippen molar-refractivity contribution in [2.75, 3.05) is 25.3 Å². The van der Waals surface area contributed by atoms with Crippen LogP contribution in [0.1, 0.15) is 0 Å². The topological polar surface area (TPSA) is 70.3 Å². The number of halogens is 1. The van der Waals surface area contributed by atoms with Crippen LogP contribution in [0.15, 0.2) is 18.5 Å². The zero-order chi connectivity index (χ0) is 12.3. The predicted molar refractivity (Wildman–Crippen MR) is 66.7 cm³/mol. The zero-order valence-corrected chi connectivity index (χ0v) is 10.1. The predicted octanol–water partition coefficient (Wildman–Crippen LogP) is 1.84. The second kappa shape index (κ2) is 5.05. The molecule has 0 radical (unpaired) electrons. The van der Waals surface area contributed by atoms with Crippen LogP contribution in [0.2, 0.25) is 0 Å². The van der Waals surface area contributed by atoms with Gasteiger partial charge in [0.2, 0.25) is 0 Å². The summed E-state index contributed by atoms with van der Waals surface area (Å²) in [5.74, 6) is 2.01. The molecule has 0 saturated heterocycles. The average molecular weight is 254 g/mol. The summed E-state index contributed by atoms with van der Waals surface area (Å²) in [5.41, 5.74) is 6.50. The largest absolute Gasteiger partial charge is 0.497 e. The molecule has 0 fully saturated rings. The molecule has 1 heterocycles. The normalized spacial score (nSPS) is 10.5. The van der Waals surface area contributed by atoms with Crippen LogP contribution in [0.4, 0.5) is 5.82 Å². The van der Waals surface area contributed by atoms with Crippen LogP contribution in [0.25, 0.3) is 10.9 Å². The third kappa shape index (κ3) is 2.34. The second-order valence-corrected chi connectivity index (χ2v) is 3.69. The molecule has 1 aromatic heterocycles. The number of nitrogens with zero attached hydrogens (tertiary/aromatic N) is 2. The molecule has 6 heteroatoms. The standard InChI is InChI=1S/C11H12ClN3O2/c1-16-7-4-8-10(11(13)15-6-14-8)9(5-7)17-3-2-12/h4-6H,2-3H2,1H3,(H2,13,14,15). The van der Waals surface area contributed by atoms with Gasteiger partial charge in [0.05, 0.1) is 23.9 Å². The van der Waals surface area contributed by atoms with E-state index in [0.717, 1.165) is 0 Å². The van der Waals surface area contributed by atoms with Crippen molar-refractivity contribution >= 4 is 28.3 Å². The second-order valence-electron chi connectivity index (χ2n) is 3.32. The van der Waals surface area contributed by atoms with Crippen molar-refractivity contribution in [3.05, 3.63) is 18.5 Å². The van der Waals surface area contributed by atoms with Crippen LogP contribution in [-0.4, -0.2) is 29.6 Å². The van der Waals surface area contributed by atoms with Gasteiger partial charge >= 0.3 is 0 Å². The number of hydrogen-bond donors (Lipinski definition) is 1. The molecule has 0 aliphatic carbocycles. The number of alkyl halides is 1. The van der Waals surface area contributed by atoms with Gasteiger partial charge in [-0.05, 0) is 0 Å². The Morgan fingerprint density at radius 1 is 1.35 bits per heavy atom. The van der Waals surface area contributed by atoms with E-state index in [4.69, 9.17) is 26.8 Å². The van der Waals surface area contributed by atoms with Crippen molar-refractivity contribution in [3.63, 3.8) is 0 Å². The number of rotatable bonds is 4. The van der Waals surface area contributed by atoms with E-state index in [-0.39, 0.29) is 0 Å². The van der Waals surface area contributed by atoms with E-state index >= 15 is 0 Å². The molecule has 17 heavy (non-hydrogen) atoms. The number of ether oxygens (including phenoxy) is 2. The molecule has 0 saturated carbocycles. The van der Waals surface area contributed by atoms with Gasteiger partial charge in [-0.15, -0.1) is 11.6 Å². The molecular weight excluding hydrogens is 242 g/mol. The minimum absolute atomic E-state index is 0.377. The number of benzene rings is 1. The maximum atomic E-state index is 5.82. The lowest BCUT2D eigenvalue weighted by Gasteiger charge is -2.11. The van der Waals surface area contributed by atoms with Crippen LogP contribution in [0.3, 0.4) is 0 Å². The van der Waals surface area contributed by atoms with E-state index in [0.29, 0.717) is 40.7 Å². The summed E-state index contributed by atoms with van der Waals surface area (Å²) in [6.07, 6.45) is 1.41. The smallest absolute Gasteiger partial charge is 0.138 e. The molecular formula is C11H12ClN3O2. The molecule has 5 nitrogen and oxygen atoms in total. The van der Waals surface area contributed by atoms with Crippen molar-refractivity contribution in [1.82, 2.24) is 9.97 Å². The van der Waals surface area contributed by atoms with Gasteiger partial charge < -0.3 is 15.2 Å². The maximum Gasteiger partial charge on any atom is 0.138 e. The zero-order valence-electron chi connectivity index (χ0n) is 9.31. The highest BCUT2D eigenvalue weighted by Gasteiger charge is 2.10. The SMILES string of the molecule is COc1cc(OCCCl)c2c(N)ncnc2c1. The van der Waals surface area contributed by atoms with Crippen molar-refractivity contribution in [1.29, 1.82) is 0 Å². The van der Waals surface area contributed by atoms with Gasteiger partial charge in [0.25, 0.3) is 0 Å². The van der Waals surface area contributed by atoms with Crippen molar-refractivity contribution < 1.29 is 9.47 Å². The number of nitrogen functional groups attached to an aromatic ring is 1. The number of methoxy groups -OCH3 is 1. The first-order valence-electron chi connectivity index (χ1n) is 5.03. The number of aromatic nitrogens is 2. The van der Waals surface area contributed by atoms with E-state index < -0.39 is 0 Å². The molecule has 90 valence electrons. The molecule has 0 unspecified atom stereocenters. The third-order valence-corrected chi connectivity index (χ3v) is 2.43. The maximum absolute atomic E-state index is 5.82. The lowest BCUT2D eigenvalue weighted by Crippen LogP contribution is -2.02. The van der Waals surface area contributed by atoms with Gasteiger partial charge in [-0.1, -0.05) is 0 Å². The monoisotopic (exact) mass is 253 g/mol. The first kappa shape index (κ1) is 11.7. The third-order valence-electron chi connectivity index (χ3n) is 2.28. The Hall–Kier alpha value is -1.75. The molecule has 2 N–H and O–H groups in total. The summed E-state index contributed by atoms with van der Waals surface area (Å²) in [6, 6.07) is 3.52. The van der Waals surface area contributed by atoms with Crippen molar-refractivity contribution in [2.45, 2.75) is 0 Å². The van der Waals surface area contributed by atoms with Gasteiger partial charge in [0.15, 0.2) is 0 Å². The lowest BCUT2D eigenvalue weighted by molar-refractivity contribution is 0.343. The fraction of sp³-hybridized carbons (Fsp3) is 0.273. The summed E-state index contributed by atoms with van der Waals surface area (Å²) in [7, 11) is 1.58. The van der Waals surface area contributed by atoms with E-state index in [1.165, 1.54) is 6.33 Å². The van der Waals surface area contributed by atoms with Gasteiger partial charge in [-0.25, -0.2) is 9.97 Å². The first-order valence-corrected chi connectivity index (χ1v) is 5.56. The van der Waals surface area contributed by atoms with Gasteiger partial charge in [-0.3, -0.25) is 0 Å². The fourth-order valence-electron chi connectivity index (χ4n) is 1.53. The Morgan fingerprint density at radius 3 is 2.88 bits per heavy atom. The van der Waals surface area contributed by atoms with Crippen LogP contribution in [0.5, 0.6) is 11.5 Å². The van der Waals surface area contributed by atoms with Gasteiger partial charge in [-0.2, -0.15) is 0 Å². The van der Waals surface area contributed by atoms with E-state index in [2.05, 4.69) is 9.97 Å². The van der Waals surface area contributed by atoms with Gasteiger partial charge in [0.1, 0.15) is 30.3 Å². The highest BCUT2D eigenvalue weighted by Crippen LogP contribution is 2.32. The molecule has 0 spiro atoms. The Morgan fingerprint density at radius 2 is 2.18 bits per heavy atom. The number of hydrogen-bond acceptors (Lipinski definition) is 5. The minimum atomic E-state index is 0.377. The van der Waals surface area contributed by atoms with E-state index in [1.807, 2.05) is 0 Å². The van der Waals surface area contributed by atoms with Crippen LogP contribution in [-0.2, 0) is 0 Å². The number of nitrogens with two attached hydrogens (primary N) is 1. The van der Waals surface area contributed by atoms with Crippen molar-refractivity contribution in [3.8, 4) is 11.5 Å². The van der Waals surface area contributed by atoms with E-state index in [1.54, 1.807) is 19.2 Å². The van der Waals surface area contributed by atoms with Gasteiger partial charge in [0, 0.05) is 12.1 Å². The quantitative estimate of drug-likeness (QED) is 0.842. The Kier molecular flexibility index (Phi) is 3.49. The first-order chi connectivity index (χ1) is 8.26. The molecule has 0 atom stereocenters. The highest BCUT2D eigenvalue weighted by molar-refractivity contribution is 6.18. The Labute approximate surface area is 104 Å². The molecule has 0 amide bonds. The molecule has 0 aliphatic heterocycles. The fourth-order valence-corrected chi connectivity index (χ4v) is 1.61. The summed E-state index contributed by atoms with van der Waals surface area (Å²) in [5, 5.41) is 0.679. The summed E-state index contributed by atoms with van der Waals surface area (Å²) in [6.45, 7) is 0.387. The van der Waals surface area contributed by atoms with Crippen LogP contribution >= 0.6 is 11.6 Å². The molecule has 0 bridgehead atoms. The highest BCUT2D eigenvalue weighted by atomic mass is 35.5. The Balaban J connectivity index is 2.59. The van der Waals surface area contributed by atoms with Crippen LogP contribution < -0.4 is 15.2 Å². The molecule has 2 rings (SSSR count). The van der Waals surface area contributed by atoms with Crippen molar-refractivity contribution in [2.24, 2.45) is 0 Å². The minimum Gasteiger partial charge on any atom is -0.497 e. The summed E-state index contributed by atoms with van der Waals surface area (Å²) < 4.78 is 10.7. The number of fused-ring (bicyclic) bond motifs is 1.